The summed E-state index contributed by atoms with van der Waals surface area (Å²) >= 11 is 3.69. The minimum Gasteiger partial charge on any atom is -0.355 e. The van der Waals surface area contributed by atoms with Crippen LogP contribution in [0, 0.1) is 0 Å². The van der Waals surface area contributed by atoms with Gasteiger partial charge in [-0.2, -0.15) is 4.31 Å². The number of carbonyl (C=O) groups is 1. The van der Waals surface area contributed by atoms with E-state index in [9.17, 15) is 13.2 Å². The molecule has 0 atom stereocenters. The number of hydrogen-bond donors (Lipinski definition) is 0. The second-order valence-electron chi connectivity index (χ2n) is 7.88. The fourth-order valence-corrected chi connectivity index (χ4v) is 6.21. The fourth-order valence-electron chi connectivity index (χ4n) is 4.14. The highest BCUT2D eigenvalue weighted by molar-refractivity contribution is 9.10. The molecule has 0 N–H and O–H groups in total. The Morgan fingerprint density at radius 3 is 2.39 bits per heavy atom. The summed E-state index contributed by atoms with van der Waals surface area (Å²) in [5.74, 6) is 0.922. The molecule has 2 aromatic rings. The second kappa shape index (κ2) is 9.22. The Bertz CT molecular complexity index is 998. The summed E-state index contributed by atoms with van der Waals surface area (Å²) in [6.07, 6.45) is 5.01. The first kappa shape index (κ1) is 22.2. The Labute approximate surface area is 191 Å². The summed E-state index contributed by atoms with van der Waals surface area (Å²) in [5, 5.41) is 0. The number of benzene rings is 1. The molecule has 2 fully saturated rings. The quantitative estimate of drug-likeness (QED) is 0.589. The van der Waals surface area contributed by atoms with Gasteiger partial charge in [-0.25, -0.2) is 18.4 Å². The van der Waals surface area contributed by atoms with E-state index in [1.807, 2.05) is 11.0 Å². The van der Waals surface area contributed by atoms with Gasteiger partial charge in [0.1, 0.15) is 16.5 Å². The molecule has 0 unspecified atom stereocenters. The Morgan fingerprint density at radius 2 is 1.71 bits per heavy atom. The number of anilines is 1. The fraction of sp³-hybridized carbons (Fsp3) is 0.476. The van der Waals surface area contributed by atoms with Gasteiger partial charge in [0, 0.05) is 45.5 Å². The standard InChI is InChI=1S/C21H26BrN5O3S/c22-21(8-13-27(14-9-21)31(29,30)18-5-2-1-3-6-18)20(28)26-12-4-11-25(15-16-26)19-7-10-23-17-24-19/h1-3,5-7,10,17H,4,8-9,11-16H2. The largest absolute Gasteiger partial charge is 0.355 e. The number of alkyl halides is 1. The molecule has 0 bridgehead atoms. The van der Waals surface area contributed by atoms with Gasteiger partial charge in [0.2, 0.25) is 15.9 Å². The summed E-state index contributed by atoms with van der Waals surface area (Å²) in [6, 6.07) is 10.3. The molecule has 8 nitrogen and oxygen atoms in total. The summed E-state index contributed by atoms with van der Waals surface area (Å²) in [4.78, 5) is 26.0. The highest BCUT2D eigenvalue weighted by atomic mass is 79.9. The minimum atomic E-state index is -3.54. The number of carbonyl (C=O) groups excluding carboxylic acids is 1. The van der Waals surface area contributed by atoms with Gasteiger partial charge >= 0.3 is 0 Å². The number of halogens is 1. The van der Waals surface area contributed by atoms with Crippen molar-refractivity contribution in [3.63, 3.8) is 0 Å². The highest BCUT2D eigenvalue weighted by Crippen LogP contribution is 2.35. The molecule has 10 heteroatoms. The molecule has 0 aliphatic carbocycles. The molecule has 2 aliphatic rings. The molecule has 166 valence electrons. The van der Waals surface area contributed by atoms with Crippen molar-refractivity contribution < 1.29 is 13.2 Å². The molecule has 3 heterocycles. The van der Waals surface area contributed by atoms with Crippen LogP contribution in [0.1, 0.15) is 19.3 Å². The lowest BCUT2D eigenvalue weighted by atomic mass is 9.96. The van der Waals surface area contributed by atoms with Gasteiger partial charge in [0.25, 0.3) is 0 Å². The SMILES string of the molecule is O=C(N1CCCN(c2ccncn2)CC1)C1(Br)CCN(S(=O)(=O)c2ccccc2)CC1. The number of nitrogens with zero attached hydrogens (tertiary/aromatic N) is 5. The lowest BCUT2D eigenvalue weighted by Gasteiger charge is -2.39. The predicted molar refractivity (Wildman–Crippen MR) is 122 cm³/mol. The minimum absolute atomic E-state index is 0.0498. The van der Waals surface area contributed by atoms with Gasteiger partial charge in [-0.05, 0) is 37.5 Å². The third-order valence-electron chi connectivity index (χ3n) is 5.95. The lowest BCUT2D eigenvalue weighted by Crippen LogP contribution is -2.53. The van der Waals surface area contributed by atoms with Crippen molar-refractivity contribution in [2.75, 3.05) is 44.2 Å². The summed E-state index contributed by atoms with van der Waals surface area (Å²) in [7, 11) is -3.54. The Hall–Kier alpha value is -2.04. The van der Waals surface area contributed by atoms with Crippen LogP contribution in [0.15, 0.2) is 53.8 Å². The zero-order chi connectivity index (χ0) is 21.9. The maximum atomic E-state index is 13.4. The van der Waals surface area contributed by atoms with Crippen molar-refractivity contribution in [1.29, 1.82) is 0 Å². The van der Waals surface area contributed by atoms with E-state index in [0.29, 0.717) is 50.5 Å². The Morgan fingerprint density at radius 1 is 0.968 bits per heavy atom. The van der Waals surface area contributed by atoms with Gasteiger partial charge in [-0.3, -0.25) is 4.79 Å². The molecule has 2 saturated heterocycles. The molecule has 1 aromatic carbocycles. The van der Waals surface area contributed by atoms with Gasteiger partial charge in [0.15, 0.2) is 0 Å². The van der Waals surface area contributed by atoms with Crippen molar-refractivity contribution in [2.45, 2.75) is 28.5 Å². The monoisotopic (exact) mass is 507 g/mol. The third-order valence-corrected chi connectivity index (χ3v) is 9.00. The number of aromatic nitrogens is 2. The van der Waals surface area contributed by atoms with Gasteiger partial charge in [-0.15, -0.1) is 0 Å². The van der Waals surface area contributed by atoms with E-state index in [0.717, 1.165) is 18.8 Å². The average molecular weight is 508 g/mol. The normalized spacial score (nSPS) is 20.3. The van der Waals surface area contributed by atoms with Crippen molar-refractivity contribution in [1.82, 2.24) is 19.2 Å². The van der Waals surface area contributed by atoms with E-state index in [1.54, 1.807) is 36.5 Å². The molecule has 1 amide bonds. The summed E-state index contributed by atoms with van der Waals surface area (Å²) in [6.45, 7) is 3.46. The average Bonchev–Trinajstić information content (AvgIpc) is 3.06. The van der Waals surface area contributed by atoms with Gasteiger partial charge in [0.05, 0.1) is 4.90 Å². The lowest BCUT2D eigenvalue weighted by molar-refractivity contribution is -0.134. The maximum Gasteiger partial charge on any atom is 0.243 e. The number of piperidine rings is 1. The molecule has 1 aromatic heterocycles. The number of rotatable bonds is 4. The first-order chi connectivity index (χ1) is 14.9. The van der Waals surface area contributed by atoms with Gasteiger partial charge in [-0.1, -0.05) is 34.1 Å². The van der Waals surface area contributed by atoms with E-state index < -0.39 is 14.3 Å². The van der Waals surface area contributed by atoms with E-state index in [4.69, 9.17) is 0 Å². The highest BCUT2D eigenvalue weighted by Gasteiger charge is 2.44. The van der Waals surface area contributed by atoms with E-state index in [2.05, 4.69) is 30.8 Å². The van der Waals surface area contributed by atoms with Crippen molar-refractivity contribution >= 4 is 37.7 Å². The Balaban J connectivity index is 1.38. The van der Waals surface area contributed by atoms with E-state index in [-0.39, 0.29) is 5.91 Å². The zero-order valence-corrected chi connectivity index (χ0v) is 19.6. The van der Waals surface area contributed by atoms with Crippen LogP contribution in [0.3, 0.4) is 0 Å². The van der Waals surface area contributed by atoms with Crippen LogP contribution in [-0.4, -0.2) is 77.1 Å². The van der Waals surface area contributed by atoms with Crippen molar-refractivity contribution in [2.24, 2.45) is 0 Å². The molecule has 0 spiro atoms. The van der Waals surface area contributed by atoms with Crippen molar-refractivity contribution in [3.05, 3.63) is 48.9 Å². The molecular formula is C21H26BrN5O3S. The molecule has 31 heavy (non-hydrogen) atoms. The molecule has 0 saturated carbocycles. The van der Waals surface area contributed by atoms with Crippen LogP contribution in [-0.2, 0) is 14.8 Å². The number of amides is 1. The summed E-state index contributed by atoms with van der Waals surface area (Å²) in [5.41, 5.74) is 0. The van der Waals surface area contributed by atoms with Crippen LogP contribution in [0.25, 0.3) is 0 Å². The smallest absolute Gasteiger partial charge is 0.243 e. The maximum absolute atomic E-state index is 13.4. The van der Waals surface area contributed by atoms with Crippen LogP contribution >= 0.6 is 15.9 Å². The molecule has 2 aliphatic heterocycles. The first-order valence-corrected chi connectivity index (χ1v) is 12.7. The first-order valence-electron chi connectivity index (χ1n) is 10.4. The molecule has 4 rings (SSSR count). The predicted octanol–water partition coefficient (Wildman–Crippen LogP) is 2.13. The Kier molecular flexibility index (Phi) is 6.59. The third kappa shape index (κ3) is 4.75. The molecular weight excluding hydrogens is 482 g/mol. The number of hydrogen-bond acceptors (Lipinski definition) is 6. The van der Waals surface area contributed by atoms with Crippen molar-refractivity contribution in [3.8, 4) is 0 Å². The van der Waals surface area contributed by atoms with E-state index in [1.165, 1.54) is 10.6 Å². The topological polar surface area (TPSA) is 86.7 Å². The number of sulfonamides is 1. The van der Waals surface area contributed by atoms with Crippen LogP contribution in [0.2, 0.25) is 0 Å². The second-order valence-corrected chi connectivity index (χ2v) is 11.3. The van der Waals surface area contributed by atoms with Gasteiger partial charge < -0.3 is 9.80 Å². The zero-order valence-electron chi connectivity index (χ0n) is 17.2. The van der Waals surface area contributed by atoms with Crippen LogP contribution in [0.4, 0.5) is 5.82 Å². The summed E-state index contributed by atoms with van der Waals surface area (Å²) < 4.78 is 26.5. The molecule has 0 radical (unpaired) electrons. The van der Waals surface area contributed by atoms with E-state index >= 15 is 0 Å². The van der Waals surface area contributed by atoms with Crippen LogP contribution < -0.4 is 4.90 Å². The van der Waals surface area contributed by atoms with Crippen LogP contribution in [0.5, 0.6) is 0 Å².